The Labute approximate surface area is 80.9 Å². The number of rotatable bonds is 3. The van der Waals surface area contributed by atoms with Gasteiger partial charge < -0.3 is 9.73 Å². The quantitative estimate of drug-likeness (QED) is 0.752. The fourth-order valence-electron chi connectivity index (χ4n) is 1.33. The lowest BCUT2D eigenvalue weighted by Gasteiger charge is -1.96. The Morgan fingerprint density at radius 2 is 2.43 bits per heavy atom. The average Bonchev–Trinajstić information content (AvgIpc) is 2.62. The van der Waals surface area contributed by atoms with Gasteiger partial charge in [0, 0.05) is 6.42 Å². The molecular formula is C10H10N2O2. The third-order valence-corrected chi connectivity index (χ3v) is 1.98. The maximum atomic E-state index is 10.3. The molecule has 1 aromatic heterocycles. The van der Waals surface area contributed by atoms with Crippen LogP contribution >= 0.6 is 0 Å². The van der Waals surface area contributed by atoms with Crippen LogP contribution in [0.4, 0.5) is 5.69 Å². The Hall–Kier alpha value is -1.84. The van der Waals surface area contributed by atoms with Gasteiger partial charge in [0.25, 0.3) is 0 Å². The second-order valence-corrected chi connectivity index (χ2v) is 2.88. The third-order valence-electron chi connectivity index (χ3n) is 1.98. The molecule has 2 aromatic rings. The highest BCUT2D eigenvalue weighted by Crippen LogP contribution is 2.23. The molecule has 1 N–H and O–H groups in total. The van der Waals surface area contributed by atoms with Crippen molar-refractivity contribution in [3.63, 3.8) is 0 Å². The summed E-state index contributed by atoms with van der Waals surface area (Å²) in [5, 5.41) is 2.58. The Morgan fingerprint density at radius 3 is 3.14 bits per heavy atom. The van der Waals surface area contributed by atoms with Gasteiger partial charge in [0.1, 0.15) is 5.52 Å². The van der Waals surface area contributed by atoms with E-state index in [9.17, 15) is 4.79 Å². The number of hydrogen-bond acceptors (Lipinski definition) is 3. The predicted octanol–water partition coefficient (Wildman–Crippen LogP) is 1.96. The minimum atomic E-state index is 0.634. The van der Waals surface area contributed by atoms with Gasteiger partial charge in [-0.2, -0.15) is 0 Å². The molecular weight excluding hydrogens is 180 g/mol. The Morgan fingerprint density at radius 1 is 1.57 bits per heavy atom. The van der Waals surface area contributed by atoms with Crippen molar-refractivity contribution in [2.75, 3.05) is 5.32 Å². The van der Waals surface area contributed by atoms with Crippen molar-refractivity contribution in [2.45, 2.75) is 13.3 Å². The standard InChI is InChI=1S/C10H10N2O2/c1-2-9-12-10-7(11-6-13)4-3-5-8(10)14-9/h3-6H,2H2,1H3,(H,11,13). The van der Waals surface area contributed by atoms with Gasteiger partial charge in [-0.1, -0.05) is 13.0 Å². The number of carbonyl (C=O) groups excluding carboxylic acids is 1. The van der Waals surface area contributed by atoms with Gasteiger partial charge in [-0.3, -0.25) is 4.79 Å². The zero-order valence-corrected chi connectivity index (χ0v) is 7.78. The van der Waals surface area contributed by atoms with Gasteiger partial charge in [0.2, 0.25) is 6.41 Å². The Bertz CT molecular complexity index is 462. The summed E-state index contributed by atoms with van der Waals surface area (Å²) in [5.41, 5.74) is 2.09. The highest BCUT2D eigenvalue weighted by molar-refractivity contribution is 5.91. The molecule has 0 aliphatic carbocycles. The van der Waals surface area contributed by atoms with Crippen molar-refractivity contribution < 1.29 is 9.21 Å². The number of anilines is 1. The number of carbonyl (C=O) groups is 1. The first-order valence-corrected chi connectivity index (χ1v) is 4.43. The van der Waals surface area contributed by atoms with E-state index in [0.29, 0.717) is 29.1 Å². The van der Waals surface area contributed by atoms with Crippen LogP contribution in [0.5, 0.6) is 0 Å². The van der Waals surface area contributed by atoms with Crippen molar-refractivity contribution >= 4 is 23.2 Å². The lowest BCUT2D eigenvalue weighted by atomic mass is 10.3. The maximum absolute atomic E-state index is 10.3. The maximum Gasteiger partial charge on any atom is 0.211 e. The summed E-state index contributed by atoms with van der Waals surface area (Å²) in [7, 11) is 0. The van der Waals surface area contributed by atoms with E-state index in [1.807, 2.05) is 19.1 Å². The van der Waals surface area contributed by atoms with E-state index >= 15 is 0 Å². The first-order valence-electron chi connectivity index (χ1n) is 4.43. The molecule has 0 unspecified atom stereocenters. The smallest absolute Gasteiger partial charge is 0.211 e. The van der Waals surface area contributed by atoms with Gasteiger partial charge in [-0.25, -0.2) is 4.98 Å². The van der Waals surface area contributed by atoms with E-state index in [1.165, 1.54) is 0 Å². The van der Waals surface area contributed by atoms with E-state index in [0.717, 1.165) is 6.42 Å². The molecule has 0 aliphatic heterocycles. The molecule has 0 aliphatic rings. The molecule has 0 radical (unpaired) electrons. The molecule has 72 valence electrons. The molecule has 0 spiro atoms. The second-order valence-electron chi connectivity index (χ2n) is 2.88. The number of aromatic nitrogens is 1. The summed E-state index contributed by atoms with van der Waals surface area (Å²) < 4.78 is 5.44. The van der Waals surface area contributed by atoms with Crippen LogP contribution < -0.4 is 5.32 Å². The number of aryl methyl sites for hydroxylation is 1. The summed E-state index contributed by atoms with van der Waals surface area (Å²) in [5.74, 6) is 0.681. The van der Waals surface area contributed by atoms with Gasteiger partial charge >= 0.3 is 0 Å². The Balaban J connectivity index is 2.60. The number of nitrogens with zero attached hydrogens (tertiary/aromatic N) is 1. The summed E-state index contributed by atoms with van der Waals surface area (Å²) in [6.45, 7) is 1.97. The average molecular weight is 190 g/mol. The summed E-state index contributed by atoms with van der Waals surface area (Å²) in [4.78, 5) is 14.6. The minimum Gasteiger partial charge on any atom is -0.441 e. The summed E-state index contributed by atoms with van der Waals surface area (Å²) >= 11 is 0. The van der Waals surface area contributed by atoms with Crippen molar-refractivity contribution in [1.82, 2.24) is 4.98 Å². The van der Waals surface area contributed by atoms with E-state index in [4.69, 9.17) is 4.42 Å². The van der Waals surface area contributed by atoms with Gasteiger partial charge in [-0.15, -0.1) is 0 Å². The van der Waals surface area contributed by atoms with E-state index < -0.39 is 0 Å². The molecule has 0 atom stereocenters. The van der Waals surface area contributed by atoms with Crippen LogP contribution in [0.1, 0.15) is 12.8 Å². The third kappa shape index (κ3) is 1.35. The lowest BCUT2D eigenvalue weighted by molar-refractivity contribution is -0.105. The van der Waals surface area contributed by atoms with Crippen LogP contribution in [0, 0.1) is 0 Å². The van der Waals surface area contributed by atoms with Crippen LogP contribution in [0.15, 0.2) is 22.6 Å². The summed E-state index contributed by atoms with van der Waals surface area (Å²) in [6.07, 6.45) is 1.38. The van der Waals surface area contributed by atoms with Gasteiger partial charge in [-0.05, 0) is 12.1 Å². The molecule has 14 heavy (non-hydrogen) atoms. The molecule has 1 heterocycles. The monoisotopic (exact) mass is 190 g/mol. The van der Waals surface area contributed by atoms with Crippen molar-refractivity contribution in [3.8, 4) is 0 Å². The summed E-state index contributed by atoms with van der Waals surface area (Å²) in [6, 6.07) is 5.44. The van der Waals surface area contributed by atoms with Gasteiger partial charge in [0.05, 0.1) is 5.69 Å². The normalized spacial score (nSPS) is 10.4. The number of amides is 1. The van der Waals surface area contributed by atoms with Crippen molar-refractivity contribution in [3.05, 3.63) is 24.1 Å². The number of oxazole rings is 1. The van der Waals surface area contributed by atoms with Crippen LogP contribution in [0.3, 0.4) is 0 Å². The molecule has 1 aromatic carbocycles. The molecule has 0 saturated carbocycles. The van der Waals surface area contributed by atoms with Crippen LogP contribution in [0.2, 0.25) is 0 Å². The fourth-order valence-corrected chi connectivity index (χ4v) is 1.33. The van der Waals surface area contributed by atoms with E-state index in [-0.39, 0.29) is 0 Å². The lowest BCUT2D eigenvalue weighted by Crippen LogP contribution is -1.94. The molecule has 1 amide bonds. The first-order chi connectivity index (χ1) is 6.85. The zero-order chi connectivity index (χ0) is 9.97. The highest BCUT2D eigenvalue weighted by Gasteiger charge is 2.07. The molecule has 2 rings (SSSR count). The molecule has 0 bridgehead atoms. The van der Waals surface area contributed by atoms with E-state index in [1.54, 1.807) is 6.07 Å². The molecule has 4 nitrogen and oxygen atoms in total. The topological polar surface area (TPSA) is 55.1 Å². The van der Waals surface area contributed by atoms with Crippen LogP contribution in [-0.4, -0.2) is 11.4 Å². The van der Waals surface area contributed by atoms with E-state index in [2.05, 4.69) is 10.3 Å². The minimum absolute atomic E-state index is 0.634. The zero-order valence-electron chi connectivity index (χ0n) is 7.78. The number of nitrogens with one attached hydrogen (secondary N) is 1. The number of hydrogen-bond donors (Lipinski definition) is 1. The second kappa shape index (κ2) is 3.49. The first kappa shape index (κ1) is 8.74. The SMILES string of the molecule is CCc1nc2c(NC=O)cccc2o1. The van der Waals surface area contributed by atoms with Gasteiger partial charge in [0.15, 0.2) is 11.5 Å². The number of benzene rings is 1. The molecule has 0 fully saturated rings. The van der Waals surface area contributed by atoms with Crippen LogP contribution in [0.25, 0.3) is 11.1 Å². The predicted molar refractivity (Wildman–Crippen MR) is 53.1 cm³/mol. The number of para-hydroxylation sites is 1. The number of fused-ring (bicyclic) bond motifs is 1. The Kier molecular flexibility index (Phi) is 2.18. The van der Waals surface area contributed by atoms with Crippen molar-refractivity contribution in [2.24, 2.45) is 0 Å². The highest BCUT2D eigenvalue weighted by atomic mass is 16.3. The molecule has 4 heteroatoms. The largest absolute Gasteiger partial charge is 0.441 e. The van der Waals surface area contributed by atoms with Crippen molar-refractivity contribution in [1.29, 1.82) is 0 Å². The fraction of sp³-hybridized carbons (Fsp3) is 0.200. The van der Waals surface area contributed by atoms with Crippen LogP contribution in [-0.2, 0) is 11.2 Å². The molecule has 0 saturated heterocycles.